The van der Waals surface area contributed by atoms with Gasteiger partial charge in [0.05, 0.1) is 24.1 Å². The molecule has 1 aromatic carbocycles. The van der Waals surface area contributed by atoms with E-state index in [4.69, 9.17) is 11.6 Å². The lowest BCUT2D eigenvalue weighted by Gasteiger charge is -2.10. The highest BCUT2D eigenvalue weighted by Gasteiger charge is 2.28. The minimum absolute atomic E-state index is 0.274. The van der Waals surface area contributed by atoms with Crippen LogP contribution < -0.4 is 5.32 Å². The van der Waals surface area contributed by atoms with E-state index in [1.54, 1.807) is 59.5 Å². The first-order valence-corrected chi connectivity index (χ1v) is 7.38. The lowest BCUT2D eigenvalue weighted by molar-refractivity contribution is -0.117. The van der Waals surface area contributed by atoms with Crippen molar-refractivity contribution in [1.29, 1.82) is 5.26 Å². The number of rotatable bonds is 4. The number of fused-ring (bicyclic) bond motifs is 1. The zero-order valence-electron chi connectivity index (χ0n) is 12.3. The number of aromatic nitrogens is 2. The van der Waals surface area contributed by atoms with Gasteiger partial charge in [-0.1, -0.05) is 17.7 Å². The first kappa shape index (κ1) is 15.7. The first-order valence-electron chi connectivity index (χ1n) is 7.00. The smallest absolute Gasteiger partial charge is 0.249 e. The molecule has 6 nitrogen and oxygen atoms in total. The number of halogens is 1. The fourth-order valence-corrected chi connectivity index (χ4v) is 2.45. The average molecular weight is 339 g/mol. The van der Waals surface area contributed by atoms with Crippen LogP contribution in [0.25, 0.3) is 5.52 Å². The number of carbonyl (C=O) groups is 2. The molecule has 3 aromatic rings. The second-order valence-corrected chi connectivity index (χ2v) is 5.50. The lowest BCUT2D eigenvalue weighted by Crippen LogP contribution is -2.28. The number of ketones is 1. The topological polar surface area (TPSA) is 87.3 Å². The number of nitrogens with zero attached hydrogens (tertiary/aromatic N) is 3. The fraction of sp³-hybridized carbons (Fsp3) is 0.0588. The van der Waals surface area contributed by atoms with E-state index in [0.717, 1.165) is 0 Å². The second-order valence-electron chi connectivity index (χ2n) is 5.07. The summed E-state index contributed by atoms with van der Waals surface area (Å²) in [6.45, 7) is 0. The Kier molecular flexibility index (Phi) is 4.27. The number of anilines is 1. The van der Waals surface area contributed by atoms with Crippen LogP contribution in [0, 0.1) is 17.2 Å². The van der Waals surface area contributed by atoms with E-state index in [9.17, 15) is 14.9 Å². The molecule has 0 spiro atoms. The van der Waals surface area contributed by atoms with Crippen LogP contribution in [0.3, 0.4) is 0 Å². The molecule has 1 amide bonds. The van der Waals surface area contributed by atoms with E-state index < -0.39 is 17.6 Å². The number of hydrogen-bond acceptors (Lipinski definition) is 4. The molecule has 2 aromatic heterocycles. The van der Waals surface area contributed by atoms with Crippen molar-refractivity contribution in [2.24, 2.45) is 5.92 Å². The summed E-state index contributed by atoms with van der Waals surface area (Å²) >= 11 is 5.85. The van der Waals surface area contributed by atoms with Crippen LogP contribution in [0.15, 0.2) is 55.1 Å². The van der Waals surface area contributed by atoms with Crippen molar-refractivity contribution in [2.45, 2.75) is 0 Å². The molecule has 0 saturated heterocycles. The first-order chi connectivity index (χ1) is 11.6. The van der Waals surface area contributed by atoms with Crippen molar-refractivity contribution < 1.29 is 9.59 Å². The van der Waals surface area contributed by atoms with Crippen LogP contribution in [0.4, 0.5) is 5.69 Å². The van der Waals surface area contributed by atoms with Gasteiger partial charge in [-0.3, -0.25) is 9.59 Å². The molecule has 118 valence electrons. The van der Waals surface area contributed by atoms with Crippen molar-refractivity contribution in [3.63, 3.8) is 0 Å². The Morgan fingerprint density at radius 2 is 2.12 bits per heavy atom. The standard InChI is InChI=1S/C17H11ClN4O2/c18-12-2-1-3-13(7-12)21-17(24)15(8-19)16(23)11-4-5-22-10-20-9-14(22)6-11/h1-7,9-10,15H,(H,21,24)/t15-/m1/s1. The van der Waals surface area contributed by atoms with E-state index in [1.807, 2.05) is 0 Å². The molecular weight excluding hydrogens is 328 g/mol. The van der Waals surface area contributed by atoms with Gasteiger partial charge in [-0.2, -0.15) is 5.26 Å². The largest absolute Gasteiger partial charge is 0.324 e. The van der Waals surface area contributed by atoms with E-state index in [1.165, 1.54) is 6.07 Å². The van der Waals surface area contributed by atoms with Crippen LogP contribution >= 0.6 is 11.6 Å². The zero-order valence-corrected chi connectivity index (χ0v) is 13.1. The minimum atomic E-state index is -1.45. The predicted molar refractivity (Wildman–Crippen MR) is 88.7 cm³/mol. The number of carbonyl (C=O) groups excluding carboxylic acids is 2. The van der Waals surface area contributed by atoms with Gasteiger partial charge in [0.25, 0.3) is 0 Å². The third kappa shape index (κ3) is 3.12. The van der Waals surface area contributed by atoms with E-state index in [-0.39, 0.29) is 5.56 Å². The molecule has 1 atom stereocenters. The van der Waals surface area contributed by atoms with Crippen molar-refractivity contribution in [3.05, 3.63) is 65.7 Å². The molecular formula is C17H11ClN4O2. The van der Waals surface area contributed by atoms with Gasteiger partial charge < -0.3 is 9.72 Å². The molecule has 0 aliphatic carbocycles. The molecule has 3 rings (SSSR count). The van der Waals surface area contributed by atoms with Gasteiger partial charge in [0.1, 0.15) is 0 Å². The van der Waals surface area contributed by atoms with Crippen LogP contribution in [0.5, 0.6) is 0 Å². The predicted octanol–water partition coefficient (Wildman–Crippen LogP) is 2.95. The number of Topliss-reactive ketones (excluding diaryl/α,β-unsaturated/α-hetero) is 1. The summed E-state index contributed by atoms with van der Waals surface area (Å²) in [5.74, 6) is -2.71. The Morgan fingerprint density at radius 1 is 1.29 bits per heavy atom. The Balaban J connectivity index is 1.83. The van der Waals surface area contributed by atoms with Crippen LogP contribution in [0.2, 0.25) is 5.02 Å². The highest BCUT2D eigenvalue weighted by atomic mass is 35.5. The Hall–Kier alpha value is -3.17. The maximum Gasteiger partial charge on any atom is 0.249 e. The average Bonchev–Trinajstić information content (AvgIpc) is 3.03. The number of hydrogen-bond donors (Lipinski definition) is 1. The van der Waals surface area contributed by atoms with Crippen LogP contribution in [0.1, 0.15) is 10.4 Å². The summed E-state index contributed by atoms with van der Waals surface area (Å²) in [5, 5.41) is 12.2. The third-order valence-corrected chi connectivity index (χ3v) is 3.68. The maximum absolute atomic E-state index is 12.5. The quantitative estimate of drug-likeness (QED) is 0.585. The number of nitriles is 1. The SMILES string of the molecule is N#C[C@@H](C(=O)Nc1cccc(Cl)c1)C(=O)c1ccn2cncc2c1. The van der Waals surface area contributed by atoms with Crippen molar-refractivity contribution in [3.8, 4) is 6.07 Å². The third-order valence-electron chi connectivity index (χ3n) is 3.44. The summed E-state index contributed by atoms with van der Waals surface area (Å²) in [4.78, 5) is 28.7. The number of nitrogens with one attached hydrogen (secondary N) is 1. The monoisotopic (exact) mass is 338 g/mol. The highest BCUT2D eigenvalue weighted by molar-refractivity contribution is 6.31. The molecule has 0 radical (unpaired) electrons. The maximum atomic E-state index is 12.5. The molecule has 24 heavy (non-hydrogen) atoms. The molecule has 0 aliphatic rings. The number of pyridine rings is 1. The van der Waals surface area contributed by atoms with Crippen LogP contribution in [-0.2, 0) is 4.79 Å². The van der Waals surface area contributed by atoms with Crippen molar-refractivity contribution >= 4 is 34.5 Å². The second kappa shape index (κ2) is 6.52. The molecule has 1 N–H and O–H groups in total. The van der Waals surface area contributed by atoms with Crippen LogP contribution in [-0.4, -0.2) is 21.1 Å². The fourth-order valence-electron chi connectivity index (χ4n) is 2.26. The summed E-state index contributed by atoms with van der Waals surface area (Å²) in [6, 6.07) is 11.4. The van der Waals surface area contributed by atoms with E-state index in [2.05, 4.69) is 10.3 Å². The Labute approximate surface area is 142 Å². The molecule has 0 saturated carbocycles. The molecule has 0 bridgehead atoms. The molecule has 7 heteroatoms. The van der Waals surface area contributed by atoms with E-state index >= 15 is 0 Å². The molecule has 0 aliphatic heterocycles. The summed E-state index contributed by atoms with van der Waals surface area (Å²) in [7, 11) is 0. The van der Waals surface area contributed by atoms with Gasteiger partial charge in [-0.25, -0.2) is 4.98 Å². The summed E-state index contributed by atoms with van der Waals surface area (Å²) in [5.41, 5.74) is 1.40. The van der Waals surface area contributed by atoms with Gasteiger partial charge in [0, 0.05) is 22.5 Å². The Bertz CT molecular complexity index is 974. The zero-order chi connectivity index (χ0) is 17.1. The van der Waals surface area contributed by atoms with Crippen molar-refractivity contribution in [1.82, 2.24) is 9.38 Å². The summed E-state index contributed by atoms with van der Waals surface area (Å²) in [6.07, 6.45) is 4.83. The van der Waals surface area contributed by atoms with Gasteiger partial charge in [-0.15, -0.1) is 0 Å². The number of amides is 1. The van der Waals surface area contributed by atoms with Gasteiger partial charge in [0.2, 0.25) is 5.91 Å². The molecule has 2 heterocycles. The summed E-state index contributed by atoms with van der Waals surface area (Å²) < 4.78 is 1.73. The van der Waals surface area contributed by atoms with Gasteiger partial charge in [-0.05, 0) is 30.3 Å². The lowest BCUT2D eigenvalue weighted by atomic mass is 9.98. The minimum Gasteiger partial charge on any atom is -0.324 e. The van der Waals surface area contributed by atoms with Gasteiger partial charge in [0.15, 0.2) is 11.7 Å². The molecule has 0 fully saturated rings. The normalized spacial score (nSPS) is 11.7. The highest BCUT2D eigenvalue weighted by Crippen LogP contribution is 2.17. The number of imidazole rings is 1. The number of benzene rings is 1. The van der Waals surface area contributed by atoms with E-state index in [0.29, 0.717) is 16.2 Å². The molecule has 0 unspecified atom stereocenters. The van der Waals surface area contributed by atoms with Crippen molar-refractivity contribution in [2.75, 3.05) is 5.32 Å². The Morgan fingerprint density at radius 3 is 2.88 bits per heavy atom. The van der Waals surface area contributed by atoms with Gasteiger partial charge >= 0.3 is 0 Å².